The van der Waals surface area contributed by atoms with E-state index in [1.165, 1.54) is 10.6 Å². The summed E-state index contributed by atoms with van der Waals surface area (Å²) in [6.07, 6.45) is 1.58. The third-order valence-electron chi connectivity index (χ3n) is 2.84. The van der Waals surface area contributed by atoms with Gasteiger partial charge in [-0.15, -0.1) is 11.8 Å². The van der Waals surface area contributed by atoms with E-state index < -0.39 is 0 Å². The number of amides is 1. The van der Waals surface area contributed by atoms with Crippen LogP contribution in [0.1, 0.15) is 10.4 Å². The Bertz CT molecular complexity index is 683. The van der Waals surface area contributed by atoms with Gasteiger partial charge in [-0.05, 0) is 30.3 Å². The van der Waals surface area contributed by atoms with Gasteiger partial charge in [-0.2, -0.15) is 0 Å². The molecule has 2 rings (SSSR count). The number of carbonyl (C=O) groups is 1. The second-order valence-corrected chi connectivity index (χ2v) is 6.03. The molecule has 0 aliphatic heterocycles. The zero-order chi connectivity index (χ0) is 15.2. The maximum atomic E-state index is 11.9. The summed E-state index contributed by atoms with van der Waals surface area (Å²) in [5, 5.41) is 3.50. The highest BCUT2D eigenvalue weighted by atomic mass is 35.5. The SMILES string of the molecule is Cn1ccc(C(=O)NCCSc2ccc(Cl)cc2)cc1=O. The molecule has 0 saturated carbocycles. The zero-order valence-electron chi connectivity index (χ0n) is 11.5. The van der Waals surface area contributed by atoms with Gasteiger partial charge in [0.15, 0.2) is 0 Å². The first kappa shape index (κ1) is 15.7. The maximum absolute atomic E-state index is 11.9. The van der Waals surface area contributed by atoms with Crippen molar-refractivity contribution in [2.45, 2.75) is 4.90 Å². The number of pyridine rings is 1. The molecule has 0 unspecified atom stereocenters. The van der Waals surface area contributed by atoms with Crippen LogP contribution in [0.4, 0.5) is 0 Å². The number of aryl methyl sites for hydroxylation is 1. The first-order valence-corrected chi connectivity index (χ1v) is 7.76. The standard InChI is InChI=1S/C15H15ClN2O2S/c1-18-8-6-11(10-14(18)19)15(20)17-7-9-21-13-4-2-12(16)3-5-13/h2-6,8,10H,7,9H2,1H3,(H,17,20). The lowest BCUT2D eigenvalue weighted by Gasteiger charge is -2.06. The van der Waals surface area contributed by atoms with Crippen LogP contribution >= 0.6 is 23.4 Å². The Hall–Kier alpha value is -1.72. The van der Waals surface area contributed by atoms with Crippen LogP contribution < -0.4 is 10.9 Å². The molecule has 0 aliphatic rings. The van der Waals surface area contributed by atoms with Gasteiger partial charge in [-0.3, -0.25) is 9.59 Å². The maximum Gasteiger partial charge on any atom is 0.251 e. The third kappa shape index (κ3) is 4.65. The van der Waals surface area contributed by atoms with E-state index in [1.807, 2.05) is 24.3 Å². The molecule has 110 valence electrons. The lowest BCUT2D eigenvalue weighted by atomic mass is 10.2. The zero-order valence-corrected chi connectivity index (χ0v) is 13.1. The Morgan fingerprint density at radius 3 is 2.67 bits per heavy atom. The minimum Gasteiger partial charge on any atom is -0.351 e. The number of nitrogens with zero attached hydrogens (tertiary/aromatic N) is 1. The van der Waals surface area contributed by atoms with E-state index >= 15 is 0 Å². The molecule has 2 aromatic rings. The minimum absolute atomic E-state index is 0.196. The van der Waals surface area contributed by atoms with Crippen LogP contribution in [0.3, 0.4) is 0 Å². The fourth-order valence-corrected chi connectivity index (χ4v) is 2.55. The Morgan fingerprint density at radius 1 is 1.29 bits per heavy atom. The molecule has 6 heteroatoms. The first-order valence-electron chi connectivity index (χ1n) is 6.39. The number of hydrogen-bond donors (Lipinski definition) is 1. The second-order valence-electron chi connectivity index (χ2n) is 4.42. The largest absolute Gasteiger partial charge is 0.351 e. The highest BCUT2D eigenvalue weighted by Gasteiger charge is 2.06. The normalized spacial score (nSPS) is 10.4. The molecule has 1 heterocycles. The van der Waals surface area contributed by atoms with Gasteiger partial charge < -0.3 is 9.88 Å². The smallest absolute Gasteiger partial charge is 0.251 e. The molecule has 0 saturated heterocycles. The molecular formula is C15H15ClN2O2S. The fourth-order valence-electron chi connectivity index (χ4n) is 1.66. The highest BCUT2D eigenvalue weighted by Crippen LogP contribution is 2.19. The van der Waals surface area contributed by atoms with Crippen LogP contribution in [0.2, 0.25) is 5.02 Å². The van der Waals surface area contributed by atoms with Crippen LogP contribution in [0.25, 0.3) is 0 Å². The van der Waals surface area contributed by atoms with Crippen molar-refractivity contribution in [2.24, 2.45) is 7.05 Å². The van der Waals surface area contributed by atoms with Gasteiger partial charge >= 0.3 is 0 Å². The van der Waals surface area contributed by atoms with Gasteiger partial charge in [0.1, 0.15) is 0 Å². The van der Waals surface area contributed by atoms with Crippen molar-refractivity contribution >= 4 is 29.3 Å². The molecule has 1 aromatic heterocycles. The molecule has 0 atom stereocenters. The molecule has 0 bridgehead atoms. The average Bonchev–Trinajstić information content (AvgIpc) is 2.48. The van der Waals surface area contributed by atoms with Crippen molar-refractivity contribution in [3.05, 3.63) is 63.5 Å². The summed E-state index contributed by atoms with van der Waals surface area (Å²) < 4.78 is 1.42. The van der Waals surface area contributed by atoms with E-state index in [1.54, 1.807) is 31.1 Å². The Balaban J connectivity index is 1.80. The molecule has 0 aliphatic carbocycles. The van der Waals surface area contributed by atoms with Crippen LogP contribution in [-0.2, 0) is 7.05 Å². The molecule has 21 heavy (non-hydrogen) atoms. The van der Waals surface area contributed by atoms with Crippen molar-refractivity contribution in [1.82, 2.24) is 9.88 Å². The summed E-state index contributed by atoms with van der Waals surface area (Å²) in [7, 11) is 1.65. The van der Waals surface area contributed by atoms with Gasteiger partial charge in [-0.25, -0.2) is 0 Å². The van der Waals surface area contributed by atoms with Crippen molar-refractivity contribution in [3.63, 3.8) is 0 Å². The van der Waals surface area contributed by atoms with Crippen molar-refractivity contribution in [1.29, 1.82) is 0 Å². The molecule has 0 spiro atoms. The molecule has 1 aromatic carbocycles. The molecule has 1 N–H and O–H groups in total. The number of benzene rings is 1. The van der Waals surface area contributed by atoms with E-state index in [0.717, 1.165) is 10.6 Å². The number of halogens is 1. The van der Waals surface area contributed by atoms with Gasteiger partial charge in [0.2, 0.25) is 0 Å². The third-order valence-corrected chi connectivity index (χ3v) is 4.10. The molecule has 0 fully saturated rings. The van der Waals surface area contributed by atoms with E-state index in [-0.39, 0.29) is 11.5 Å². The quantitative estimate of drug-likeness (QED) is 0.680. The molecular weight excluding hydrogens is 308 g/mol. The average molecular weight is 323 g/mol. The van der Waals surface area contributed by atoms with E-state index in [2.05, 4.69) is 5.32 Å². The first-order chi connectivity index (χ1) is 10.1. The van der Waals surface area contributed by atoms with Gasteiger partial charge in [0.05, 0.1) is 0 Å². The predicted molar refractivity (Wildman–Crippen MR) is 86.2 cm³/mol. The van der Waals surface area contributed by atoms with E-state index in [4.69, 9.17) is 11.6 Å². The van der Waals surface area contributed by atoms with Crippen LogP contribution in [-0.4, -0.2) is 22.8 Å². The number of nitrogens with one attached hydrogen (secondary N) is 1. The summed E-state index contributed by atoms with van der Waals surface area (Å²) in [6, 6.07) is 10.5. The molecule has 0 radical (unpaired) electrons. The molecule has 4 nitrogen and oxygen atoms in total. The number of thioether (sulfide) groups is 1. The van der Waals surface area contributed by atoms with Crippen molar-refractivity contribution in [3.8, 4) is 0 Å². The number of aromatic nitrogens is 1. The predicted octanol–water partition coefficient (Wildman–Crippen LogP) is 2.56. The topological polar surface area (TPSA) is 51.1 Å². The summed E-state index contributed by atoms with van der Waals surface area (Å²) >= 11 is 7.45. The summed E-state index contributed by atoms with van der Waals surface area (Å²) in [6.45, 7) is 0.529. The minimum atomic E-state index is -0.232. The number of rotatable bonds is 5. The highest BCUT2D eigenvalue weighted by molar-refractivity contribution is 7.99. The molecule has 1 amide bonds. The van der Waals surface area contributed by atoms with Gasteiger partial charge in [0.25, 0.3) is 11.5 Å². The fraction of sp³-hybridized carbons (Fsp3) is 0.200. The lowest BCUT2D eigenvalue weighted by molar-refractivity contribution is 0.0956. The van der Waals surface area contributed by atoms with Crippen molar-refractivity contribution < 1.29 is 4.79 Å². The van der Waals surface area contributed by atoms with Crippen molar-refractivity contribution in [2.75, 3.05) is 12.3 Å². The number of carbonyl (C=O) groups excluding carboxylic acids is 1. The summed E-state index contributed by atoms with van der Waals surface area (Å²) in [5.41, 5.74) is 0.188. The summed E-state index contributed by atoms with van der Waals surface area (Å²) in [4.78, 5) is 24.4. The number of hydrogen-bond acceptors (Lipinski definition) is 3. The Morgan fingerprint density at radius 2 is 2.00 bits per heavy atom. The summed E-state index contributed by atoms with van der Waals surface area (Å²) in [5.74, 6) is 0.516. The van der Waals surface area contributed by atoms with Crippen LogP contribution in [0, 0.1) is 0 Å². The van der Waals surface area contributed by atoms with E-state index in [9.17, 15) is 9.59 Å². The Labute approximate surface area is 132 Å². The van der Waals surface area contributed by atoms with Crippen LogP contribution in [0.15, 0.2) is 52.3 Å². The van der Waals surface area contributed by atoms with Gasteiger partial charge in [-0.1, -0.05) is 11.6 Å². The second kappa shape index (κ2) is 7.33. The van der Waals surface area contributed by atoms with E-state index in [0.29, 0.717) is 17.1 Å². The monoisotopic (exact) mass is 322 g/mol. The van der Waals surface area contributed by atoms with Gasteiger partial charge in [0, 0.05) is 47.1 Å². The lowest BCUT2D eigenvalue weighted by Crippen LogP contribution is -2.27. The Kier molecular flexibility index (Phi) is 5.47. The van der Waals surface area contributed by atoms with Crippen LogP contribution in [0.5, 0.6) is 0 Å².